The molecule has 1 nitrogen and oxygen atoms in total. The maximum atomic E-state index is 6.57. The molecule has 0 aromatic heterocycles. The van der Waals surface area contributed by atoms with Gasteiger partial charge in [0.2, 0.25) is 0 Å². The van der Waals surface area contributed by atoms with Crippen LogP contribution in [0.15, 0.2) is 0 Å². The van der Waals surface area contributed by atoms with E-state index in [1.165, 1.54) is 32.1 Å². The summed E-state index contributed by atoms with van der Waals surface area (Å²) in [4.78, 5) is 0. The molecule has 1 aliphatic rings. The molecular formula is C13H27N. The Kier molecular flexibility index (Phi) is 4.00. The van der Waals surface area contributed by atoms with Gasteiger partial charge in [0, 0.05) is 5.54 Å². The number of nitrogens with two attached hydrogens (primary N) is 1. The van der Waals surface area contributed by atoms with Gasteiger partial charge in [-0.15, -0.1) is 0 Å². The van der Waals surface area contributed by atoms with Crippen LogP contribution in [0.4, 0.5) is 0 Å². The van der Waals surface area contributed by atoms with E-state index in [0.29, 0.717) is 5.92 Å². The zero-order valence-electron chi connectivity index (χ0n) is 10.3. The lowest BCUT2D eigenvalue weighted by Gasteiger charge is -2.43. The largest absolute Gasteiger partial charge is 0.325 e. The Hall–Kier alpha value is -0.0400. The van der Waals surface area contributed by atoms with Crippen molar-refractivity contribution in [3.63, 3.8) is 0 Å². The molecule has 0 aliphatic heterocycles. The maximum absolute atomic E-state index is 6.57. The third-order valence-corrected chi connectivity index (χ3v) is 4.23. The SMILES string of the molecule is CCC(C)CC1(N)CC(C)CCC1C. The van der Waals surface area contributed by atoms with Crippen molar-refractivity contribution >= 4 is 0 Å². The average Bonchev–Trinajstić information content (AvgIpc) is 2.11. The molecule has 1 aliphatic carbocycles. The van der Waals surface area contributed by atoms with Gasteiger partial charge < -0.3 is 5.73 Å². The molecule has 0 amide bonds. The molecule has 14 heavy (non-hydrogen) atoms. The van der Waals surface area contributed by atoms with Gasteiger partial charge in [-0.05, 0) is 37.0 Å². The molecule has 0 saturated heterocycles. The molecule has 0 heterocycles. The van der Waals surface area contributed by atoms with E-state index in [4.69, 9.17) is 5.73 Å². The summed E-state index contributed by atoms with van der Waals surface area (Å²) in [5, 5.41) is 0. The van der Waals surface area contributed by atoms with Gasteiger partial charge in [0.1, 0.15) is 0 Å². The molecule has 0 radical (unpaired) electrons. The summed E-state index contributed by atoms with van der Waals surface area (Å²) in [6, 6.07) is 0. The van der Waals surface area contributed by atoms with Crippen molar-refractivity contribution < 1.29 is 0 Å². The van der Waals surface area contributed by atoms with Crippen LogP contribution in [-0.2, 0) is 0 Å². The lowest BCUT2D eigenvalue weighted by atomic mass is 9.67. The van der Waals surface area contributed by atoms with E-state index < -0.39 is 0 Å². The summed E-state index contributed by atoms with van der Waals surface area (Å²) in [5.74, 6) is 2.33. The highest BCUT2D eigenvalue weighted by molar-refractivity contribution is 4.95. The predicted octanol–water partition coefficient (Wildman–Crippen LogP) is 3.58. The Bertz CT molecular complexity index is 178. The molecule has 0 aromatic rings. The first-order valence-electron chi connectivity index (χ1n) is 6.26. The van der Waals surface area contributed by atoms with Crippen LogP contribution in [0, 0.1) is 17.8 Å². The summed E-state index contributed by atoms with van der Waals surface area (Å²) in [6.45, 7) is 9.30. The molecule has 2 N–H and O–H groups in total. The molecule has 0 aromatic carbocycles. The Balaban J connectivity index is 2.59. The minimum atomic E-state index is 0.132. The summed E-state index contributed by atoms with van der Waals surface area (Å²) >= 11 is 0. The molecule has 1 fully saturated rings. The Morgan fingerprint density at radius 1 is 1.36 bits per heavy atom. The van der Waals surface area contributed by atoms with Gasteiger partial charge >= 0.3 is 0 Å². The third-order valence-electron chi connectivity index (χ3n) is 4.23. The maximum Gasteiger partial charge on any atom is 0.0185 e. The fourth-order valence-corrected chi connectivity index (χ4v) is 2.85. The van der Waals surface area contributed by atoms with E-state index >= 15 is 0 Å². The normalized spacial score (nSPS) is 40.9. The quantitative estimate of drug-likeness (QED) is 0.735. The second-order valence-electron chi connectivity index (χ2n) is 5.74. The van der Waals surface area contributed by atoms with Crippen LogP contribution in [0.25, 0.3) is 0 Å². The van der Waals surface area contributed by atoms with Crippen LogP contribution in [0.5, 0.6) is 0 Å². The molecule has 4 atom stereocenters. The van der Waals surface area contributed by atoms with Crippen molar-refractivity contribution in [2.45, 2.75) is 65.3 Å². The van der Waals surface area contributed by atoms with E-state index in [0.717, 1.165) is 11.8 Å². The van der Waals surface area contributed by atoms with Gasteiger partial charge in [-0.2, -0.15) is 0 Å². The zero-order chi connectivity index (χ0) is 10.8. The van der Waals surface area contributed by atoms with Crippen molar-refractivity contribution in [3.8, 4) is 0 Å². The fourth-order valence-electron chi connectivity index (χ4n) is 2.85. The van der Waals surface area contributed by atoms with Crippen LogP contribution in [0.1, 0.15) is 59.8 Å². The van der Waals surface area contributed by atoms with Crippen LogP contribution in [0.2, 0.25) is 0 Å². The summed E-state index contributed by atoms with van der Waals surface area (Å²) in [7, 11) is 0. The topological polar surface area (TPSA) is 26.0 Å². The smallest absolute Gasteiger partial charge is 0.0185 e. The van der Waals surface area contributed by atoms with Crippen molar-refractivity contribution in [1.82, 2.24) is 0 Å². The molecule has 0 spiro atoms. The van der Waals surface area contributed by atoms with Crippen molar-refractivity contribution in [1.29, 1.82) is 0 Å². The average molecular weight is 197 g/mol. The van der Waals surface area contributed by atoms with Crippen LogP contribution in [0.3, 0.4) is 0 Å². The van der Waals surface area contributed by atoms with Crippen molar-refractivity contribution in [3.05, 3.63) is 0 Å². The molecule has 1 saturated carbocycles. The Labute approximate surface area is 89.5 Å². The monoisotopic (exact) mass is 197 g/mol. The standard InChI is InChI=1S/C13H27N/c1-5-10(2)8-13(14)9-11(3)6-7-12(13)4/h10-12H,5-9,14H2,1-4H3. The van der Waals surface area contributed by atoms with Gasteiger partial charge in [0.05, 0.1) is 0 Å². The van der Waals surface area contributed by atoms with E-state index in [1.807, 2.05) is 0 Å². The fraction of sp³-hybridized carbons (Fsp3) is 1.00. The molecule has 1 rings (SSSR count). The van der Waals surface area contributed by atoms with E-state index in [-0.39, 0.29) is 5.54 Å². The highest BCUT2D eigenvalue weighted by atomic mass is 14.8. The van der Waals surface area contributed by atoms with E-state index in [2.05, 4.69) is 27.7 Å². The highest BCUT2D eigenvalue weighted by Gasteiger charge is 2.37. The summed E-state index contributed by atoms with van der Waals surface area (Å²) in [6.07, 6.45) is 6.42. The second-order valence-corrected chi connectivity index (χ2v) is 5.74. The summed E-state index contributed by atoms with van der Waals surface area (Å²) < 4.78 is 0. The van der Waals surface area contributed by atoms with Crippen molar-refractivity contribution in [2.75, 3.05) is 0 Å². The van der Waals surface area contributed by atoms with E-state index in [9.17, 15) is 0 Å². The first-order chi connectivity index (χ1) is 6.48. The molecule has 1 heteroatoms. The number of hydrogen-bond acceptors (Lipinski definition) is 1. The Morgan fingerprint density at radius 2 is 2.00 bits per heavy atom. The van der Waals surface area contributed by atoms with Crippen molar-refractivity contribution in [2.24, 2.45) is 23.5 Å². The number of hydrogen-bond donors (Lipinski definition) is 1. The van der Waals surface area contributed by atoms with Gasteiger partial charge in [0.25, 0.3) is 0 Å². The molecule has 4 unspecified atom stereocenters. The first kappa shape index (κ1) is 12.0. The van der Waals surface area contributed by atoms with Gasteiger partial charge in [-0.25, -0.2) is 0 Å². The number of rotatable bonds is 3. The lowest BCUT2D eigenvalue weighted by molar-refractivity contribution is 0.133. The molecule has 0 bridgehead atoms. The van der Waals surface area contributed by atoms with Crippen LogP contribution in [-0.4, -0.2) is 5.54 Å². The minimum absolute atomic E-state index is 0.132. The van der Waals surface area contributed by atoms with Crippen LogP contribution < -0.4 is 5.73 Å². The third kappa shape index (κ3) is 2.73. The molecular weight excluding hydrogens is 170 g/mol. The minimum Gasteiger partial charge on any atom is -0.325 e. The second kappa shape index (κ2) is 4.65. The van der Waals surface area contributed by atoms with Gasteiger partial charge in [-0.3, -0.25) is 0 Å². The lowest BCUT2D eigenvalue weighted by Crippen LogP contribution is -2.51. The summed E-state index contributed by atoms with van der Waals surface area (Å²) in [5.41, 5.74) is 6.70. The predicted molar refractivity (Wildman–Crippen MR) is 63.2 cm³/mol. The zero-order valence-corrected chi connectivity index (χ0v) is 10.3. The van der Waals surface area contributed by atoms with E-state index in [1.54, 1.807) is 0 Å². The molecule has 84 valence electrons. The first-order valence-corrected chi connectivity index (χ1v) is 6.26. The van der Waals surface area contributed by atoms with Crippen LogP contribution >= 0.6 is 0 Å². The van der Waals surface area contributed by atoms with Gasteiger partial charge in [-0.1, -0.05) is 40.5 Å². The van der Waals surface area contributed by atoms with Gasteiger partial charge in [0.15, 0.2) is 0 Å². The highest BCUT2D eigenvalue weighted by Crippen LogP contribution is 2.39. The Morgan fingerprint density at radius 3 is 2.57 bits per heavy atom.